The van der Waals surface area contributed by atoms with Gasteiger partial charge in [0.15, 0.2) is 5.78 Å². The van der Waals surface area contributed by atoms with Crippen LogP contribution in [0.25, 0.3) is 0 Å². The third-order valence-corrected chi connectivity index (χ3v) is 2.84. The van der Waals surface area contributed by atoms with Gasteiger partial charge in [-0.05, 0) is 18.2 Å². The molecule has 2 rings (SSSR count). The fourth-order valence-corrected chi connectivity index (χ4v) is 1.75. The molecule has 4 heteroatoms. The van der Waals surface area contributed by atoms with Crippen LogP contribution >= 0.6 is 0 Å². The highest BCUT2D eigenvalue weighted by atomic mass is 19.1. The second-order valence-corrected chi connectivity index (χ2v) is 4.24. The smallest absolute Gasteiger partial charge is 0.188 e. The van der Waals surface area contributed by atoms with Gasteiger partial charge < -0.3 is 9.47 Å². The molecular weight excluding hydrogens is 259 g/mol. The first-order valence-electron chi connectivity index (χ1n) is 6.19. The van der Waals surface area contributed by atoms with Crippen LogP contribution in [0.5, 0.6) is 5.75 Å². The third kappa shape index (κ3) is 3.65. The van der Waals surface area contributed by atoms with Crippen molar-refractivity contribution in [3.8, 4) is 5.75 Å². The highest BCUT2D eigenvalue weighted by Gasteiger charge is 2.08. The van der Waals surface area contributed by atoms with Crippen LogP contribution in [-0.4, -0.2) is 19.5 Å². The summed E-state index contributed by atoms with van der Waals surface area (Å²) >= 11 is 0. The molecular formula is C16H15FO3. The molecule has 0 saturated heterocycles. The van der Waals surface area contributed by atoms with Crippen molar-refractivity contribution in [2.24, 2.45) is 0 Å². The van der Waals surface area contributed by atoms with Crippen molar-refractivity contribution in [2.75, 3.05) is 13.7 Å². The van der Waals surface area contributed by atoms with Gasteiger partial charge in [-0.2, -0.15) is 0 Å². The molecule has 0 fully saturated rings. The normalized spacial score (nSPS) is 10.3. The second-order valence-electron chi connectivity index (χ2n) is 4.24. The van der Waals surface area contributed by atoms with Crippen molar-refractivity contribution in [3.05, 3.63) is 65.5 Å². The maximum atomic E-state index is 13.4. The molecule has 0 aliphatic rings. The Morgan fingerprint density at radius 3 is 2.70 bits per heavy atom. The van der Waals surface area contributed by atoms with Gasteiger partial charge in [0.05, 0.1) is 13.7 Å². The van der Waals surface area contributed by atoms with Crippen molar-refractivity contribution in [2.45, 2.75) is 6.61 Å². The summed E-state index contributed by atoms with van der Waals surface area (Å²) in [5.74, 6) is 0.117. The number of carbonyl (C=O) groups is 1. The number of Topliss-reactive ketones (excluding diaryl/α,β-unsaturated/α-hetero) is 1. The van der Waals surface area contributed by atoms with E-state index in [1.165, 1.54) is 13.2 Å². The number of hydrogen-bond donors (Lipinski definition) is 0. The van der Waals surface area contributed by atoms with Crippen molar-refractivity contribution in [3.63, 3.8) is 0 Å². The van der Waals surface area contributed by atoms with E-state index in [0.29, 0.717) is 16.9 Å². The minimum absolute atomic E-state index is 0.0718. The van der Waals surface area contributed by atoms with E-state index in [-0.39, 0.29) is 24.8 Å². The van der Waals surface area contributed by atoms with E-state index < -0.39 is 0 Å². The largest absolute Gasteiger partial charge is 0.497 e. The van der Waals surface area contributed by atoms with Gasteiger partial charge >= 0.3 is 0 Å². The van der Waals surface area contributed by atoms with Gasteiger partial charge in [-0.1, -0.05) is 30.3 Å². The molecule has 0 aliphatic heterocycles. The van der Waals surface area contributed by atoms with Crippen molar-refractivity contribution >= 4 is 5.78 Å². The van der Waals surface area contributed by atoms with E-state index in [9.17, 15) is 9.18 Å². The lowest BCUT2D eigenvalue weighted by Gasteiger charge is -2.06. The van der Waals surface area contributed by atoms with E-state index >= 15 is 0 Å². The summed E-state index contributed by atoms with van der Waals surface area (Å²) in [5, 5.41) is 0. The van der Waals surface area contributed by atoms with Crippen LogP contribution in [0.2, 0.25) is 0 Å². The molecule has 0 unspecified atom stereocenters. The Bertz CT molecular complexity index is 596. The Labute approximate surface area is 117 Å². The van der Waals surface area contributed by atoms with Crippen LogP contribution in [0, 0.1) is 5.82 Å². The molecule has 0 radical (unpaired) electrons. The summed E-state index contributed by atoms with van der Waals surface area (Å²) in [6, 6.07) is 13.2. The molecule has 2 aromatic carbocycles. The van der Waals surface area contributed by atoms with E-state index in [4.69, 9.17) is 9.47 Å². The molecule has 20 heavy (non-hydrogen) atoms. The maximum Gasteiger partial charge on any atom is 0.188 e. The molecule has 0 aromatic heterocycles. The molecule has 0 amide bonds. The molecule has 0 N–H and O–H groups in total. The number of benzene rings is 2. The summed E-state index contributed by atoms with van der Waals surface area (Å²) in [7, 11) is 1.54. The van der Waals surface area contributed by atoms with Gasteiger partial charge in [0.1, 0.15) is 18.2 Å². The fraction of sp³-hybridized carbons (Fsp3) is 0.188. The quantitative estimate of drug-likeness (QED) is 0.759. The summed E-state index contributed by atoms with van der Waals surface area (Å²) in [4.78, 5) is 11.9. The minimum atomic E-state index is -0.332. The zero-order valence-electron chi connectivity index (χ0n) is 11.1. The monoisotopic (exact) mass is 274 g/mol. The van der Waals surface area contributed by atoms with Crippen molar-refractivity contribution < 1.29 is 18.7 Å². The van der Waals surface area contributed by atoms with Gasteiger partial charge in [-0.3, -0.25) is 4.79 Å². The van der Waals surface area contributed by atoms with Crippen molar-refractivity contribution in [1.82, 2.24) is 0 Å². The molecule has 0 saturated carbocycles. The van der Waals surface area contributed by atoms with Crippen LogP contribution in [0.4, 0.5) is 4.39 Å². The van der Waals surface area contributed by atoms with Gasteiger partial charge in [0.25, 0.3) is 0 Å². The number of ether oxygens (including phenoxy) is 2. The molecule has 104 valence electrons. The molecule has 0 bridgehead atoms. The summed E-state index contributed by atoms with van der Waals surface area (Å²) in [6.07, 6.45) is 0. The van der Waals surface area contributed by atoms with E-state index in [1.807, 2.05) is 0 Å². The number of rotatable bonds is 6. The van der Waals surface area contributed by atoms with Crippen LogP contribution in [-0.2, 0) is 11.3 Å². The molecule has 0 atom stereocenters. The predicted molar refractivity (Wildman–Crippen MR) is 73.4 cm³/mol. The van der Waals surface area contributed by atoms with Crippen LogP contribution in [0.3, 0.4) is 0 Å². The summed E-state index contributed by atoms with van der Waals surface area (Å²) < 4.78 is 23.7. The highest BCUT2D eigenvalue weighted by Crippen LogP contribution is 2.13. The average Bonchev–Trinajstić information content (AvgIpc) is 2.49. The number of halogens is 1. The van der Waals surface area contributed by atoms with Gasteiger partial charge in [-0.15, -0.1) is 0 Å². The third-order valence-electron chi connectivity index (χ3n) is 2.84. The number of hydrogen-bond acceptors (Lipinski definition) is 3. The van der Waals surface area contributed by atoms with Crippen LogP contribution in [0.15, 0.2) is 48.5 Å². The SMILES string of the molecule is COc1cccc(C(=O)COCc2ccccc2F)c1. The zero-order chi connectivity index (χ0) is 14.4. The number of methoxy groups -OCH3 is 1. The Hall–Kier alpha value is -2.20. The van der Waals surface area contributed by atoms with Crippen LogP contribution in [0.1, 0.15) is 15.9 Å². The lowest BCUT2D eigenvalue weighted by atomic mass is 10.1. The van der Waals surface area contributed by atoms with Gasteiger partial charge in [0.2, 0.25) is 0 Å². The molecule has 0 spiro atoms. The van der Waals surface area contributed by atoms with E-state index in [1.54, 1.807) is 42.5 Å². The molecule has 3 nitrogen and oxygen atoms in total. The first-order valence-corrected chi connectivity index (χ1v) is 6.19. The Morgan fingerprint density at radius 2 is 1.95 bits per heavy atom. The van der Waals surface area contributed by atoms with Crippen LogP contribution < -0.4 is 4.74 Å². The Balaban J connectivity index is 1.91. The van der Waals surface area contributed by atoms with E-state index in [0.717, 1.165) is 0 Å². The highest BCUT2D eigenvalue weighted by molar-refractivity contribution is 5.97. The molecule has 0 aliphatic carbocycles. The molecule has 0 heterocycles. The van der Waals surface area contributed by atoms with E-state index in [2.05, 4.69) is 0 Å². The topological polar surface area (TPSA) is 35.5 Å². The summed E-state index contributed by atoms with van der Waals surface area (Å²) in [5.41, 5.74) is 0.948. The first kappa shape index (κ1) is 14.2. The first-order chi connectivity index (χ1) is 9.70. The predicted octanol–water partition coefficient (Wildman–Crippen LogP) is 3.23. The average molecular weight is 274 g/mol. The lowest BCUT2D eigenvalue weighted by Crippen LogP contribution is -2.09. The minimum Gasteiger partial charge on any atom is -0.497 e. The summed E-state index contributed by atoms with van der Waals surface area (Å²) in [6.45, 7) is -0.0239. The number of ketones is 1. The van der Waals surface area contributed by atoms with Crippen molar-refractivity contribution in [1.29, 1.82) is 0 Å². The molecule has 2 aromatic rings. The Kier molecular flexibility index (Phi) is 4.85. The van der Waals surface area contributed by atoms with Gasteiger partial charge in [0, 0.05) is 11.1 Å². The lowest BCUT2D eigenvalue weighted by molar-refractivity contribution is 0.0720. The van der Waals surface area contributed by atoms with Gasteiger partial charge in [-0.25, -0.2) is 4.39 Å². The fourth-order valence-electron chi connectivity index (χ4n) is 1.75. The standard InChI is InChI=1S/C16H15FO3/c1-19-14-7-4-6-12(9-14)16(18)11-20-10-13-5-2-3-8-15(13)17/h2-9H,10-11H2,1H3. The second kappa shape index (κ2) is 6.82. The maximum absolute atomic E-state index is 13.4. The number of carbonyl (C=O) groups excluding carboxylic acids is 1. The Morgan fingerprint density at radius 1 is 1.15 bits per heavy atom. The zero-order valence-corrected chi connectivity index (χ0v) is 11.1.